The summed E-state index contributed by atoms with van der Waals surface area (Å²) in [7, 11) is 0. The van der Waals surface area contributed by atoms with Crippen LogP contribution in [0, 0.1) is 5.92 Å². The van der Waals surface area contributed by atoms with Gasteiger partial charge in [0, 0.05) is 31.4 Å². The highest BCUT2D eigenvalue weighted by Gasteiger charge is 2.34. The van der Waals surface area contributed by atoms with Crippen molar-refractivity contribution in [1.82, 2.24) is 9.80 Å². The maximum atomic E-state index is 3.88. The van der Waals surface area contributed by atoms with Gasteiger partial charge in [0.15, 0.2) is 0 Å². The summed E-state index contributed by atoms with van der Waals surface area (Å²) in [5.74, 6) is 0.847. The van der Waals surface area contributed by atoms with E-state index in [4.69, 9.17) is 0 Å². The van der Waals surface area contributed by atoms with E-state index in [2.05, 4.69) is 53.2 Å². The minimum absolute atomic E-state index is 0.668. The molecule has 2 fully saturated rings. The molecule has 0 aliphatic carbocycles. The second-order valence-corrected chi connectivity index (χ2v) is 6.51. The predicted molar refractivity (Wildman–Crippen MR) is 89.6 cm³/mol. The predicted octanol–water partition coefficient (Wildman–Crippen LogP) is 3.03. The minimum Gasteiger partial charge on any atom is -0.382 e. The molecule has 2 bridgehead atoms. The Bertz CT molecular complexity index is 456. The first-order valence-electron chi connectivity index (χ1n) is 8.59. The van der Waals surface area contributed by atoms with E-state index in [1.165, 1.54) is 43.7 Å². The van der Waals surface area contributed by atoms with Crippen molar-refractivity contribution < 1.29 is 0 Å². The summed E-state index contributed by atoms with van der Waals surface area (Å²) in [6, 6.07) is 9.55. The molecule has 2 heterocycles. The fourth-order valence-corrected chi connectivity index (χ4v) is 3.83. The van der Waals surface area contributed by atoms with Gasteiger partial charge in [0.25, 0.3) is 0 Å². The van der Waals surface area contributed by atoms with Crippen LogP contribution in [-0.4, -0.2) is 48.6 Å². The summed E-state index contributed by atoms with van der Waals surface area (Å²) in [5.41, 5.74) is 2.80. The zero-order chi connectivity index (χ0) is 14.7. The fourth-order valence-electron chi connectivity index (χ4n) is 3.83. The highest BCUT2D eigenvalue weighted by molar-refractivity contribution is 5.52. The molecule has 21 heavy (non-hydrogen) atoms. The quantitative estimate of drug-likeness (QED) is 0.867. The van der Waals surface area contributed by atoms with Crippen molar-refractivity contribution >= 4 is 5.69 Å². The van der Waals surface area contributed by atoms with Gasteiger partial charge < -0.3 is 10.2 Å². The lowest BCUT2D eigenvalue weighted by atomic mass is 9.93. The summed E-state index contributed by atoms with van der Waals surface area (Å²) in [6.45, 7) is 11.7. The van der Waals surface area contributed by atoms with Crippen LogP contribution in [0.15, 0.2) is 24.3 Å². The number of benzene rings is 1. The Hall–Kier alpha value is -1.06. The van der Waals surface area contributed by atoms with E-state index >= 15 is 0 Å². The van der Waals surface area contributed by atoms with Crippen LogP contribution in [0.2, 0.25) is 0 Å². The molecule has 0 aromatic heterocycles. The van der Waals surface area contributed by atoms with E-state index in [-0.39, 0.29) is 0 Å². The Balaban J connectivity index is 1.70. The lowest BCUT2D eigenvalue weighted by Crippen LogP contribution is -2.39. The van der Waals surface area contributed by atoms with E-state index in [0.717, 1.165) is 25.6 Å². The van der Waals surface area contributed by atoms with Gasteiger partial charge >= 0.3 is 0 Å². The van der Waals surface area contributed by atoms with Gasteiger partial charge in [-0.15, -0.1) is 0 Å². The lowest BCUT2D eigenvalue weighted by molar-refractivity contribution is 0.254. The summed E-state index contributed by atoms with van der Waals surface area (Å²) < 4.78 is 0. The molecule has 0 saturated carbocycles. The van der Waals surface area contributed by atoms with Gasteiger partial charge in [-0.1, -0.05) is 32.0 Å². The van der Waals surface area contributed by atoms with Crippen LogP contribution in [0.4, 0.5) is 5.69 Å². The van der Waals surface area contributed by atoms with E-state index in [1.54, 1.807) is 0 Å². The van der Waals surface area contributed by atoms with Gasteiger partial charge in [0.2, 0.25) is 0 Å². The van der Waals surface area contributed by atoms with Gasteiger partial charge in [-0.3, -0.25) is 4.90 Å². The number of nitrogens with one attached hydrogen (secondary N) is 1. The molecule has 1 aromatic carbocycles. The summed E-state index contributed by atoms with van der Waals surface area (Å²) in [5, 5.41) is 3.88. The van der Waals surface area contributed by atoms with Crippen LogP contribution < -0.4 is 5.32 Å². The van der Waals surface area contributed by atoms with Gasteiger partial charge in [0.05, 0.1) is 0 Å². The molecular weight excluding hydrogens is 258 g/mol. The van der Waals surface area contributed by atoms with Gasteiger partial charge in [-0.05, 0) is 50.0 Å². The summed E-state index contributed by atoms with van der Waals surface area (Å²) >= 11 is 0. The molecule has 116 valence electrons. The van der Waals surface area contributed by atoms with Crippen molar-refractivity contribution in [3.63, 3.8) is 0 Å². The van der Waals surface area contributed by atoms with E-state index in [9.17, 15) is 0 Å². The third-order valence-corrected chi connectivity index (χ3v) is 5.28. The van der Waals surface area contributed by atoms with Crippen molar-refractivity contribution in [3.8, 4) is 0 Å². The molecule has 0 amide bonds. The number of fused-ring (bicyclic) bond motifs is 2. The number of anilines is 1. The molecule has 1 aromatic rings. The largest absolute Gasteiger partial charge is 0.382 e. The number of hydrogen-bond acceptors (Lipinski definition) is 3. The van der Waals surface area contributed by atoms with Crippen LogP contribution in [-0.2, 0) is 6.54 Å². The molecule has 0 radical (unpaired) electrons. The fraction of sp³-hybridized carbons (Fsp3) is 0.667. The van der Waals surface area contributed by atoms with Crippen molar-refractivity contribution in [2.45, 2.75) is 39.3 Å². The average molecular weight is 287 g/mol. The highest BCUT2D eigenvalue weighted by atomic mass is 15.2. The second kappa shape index (κ2) is 6.80. The third-order valence-electron chi connectivity index (χ3n) is 5.28. The van der Waals surface area contributed by atoms with Gasteiger partial charge in [-0.25, -0.2) is 0 Å². The van der Waals surface area contributed by atoms with Crippen LogP contribution in [0.25, 0.3) is 0 Å². The van der Waals surface area contributed by atoms with E-state index < -0.39 is 0 Å². The monoisotopic (exact) mass is 287 g/mol. The molecule has 2 saturated heterocycles. The minimum atomic E-state index is 0.668. The lowest BCUT2D eigenvalue weighted by Gasteiger charge is -2.32. The third kappa shape index (κ3) is 3.41. The first kappa shape index (κ1) is 14.9. The Morgan fingerprint density at radius 3 is 2.71 bits per heavy atom. The number of hydrogen-bond donors (Lipinski definition) is 1. The second-order valence-electron chi connectivity index (χ2n) is 6.51. The Morgan fingerprint density at radius 2 is 1.90 bits per heavy atom. The molecule has 3 heteroatoms. The first-order chi connectivity index (χ1) is 10.3. The maximum absolute atomic E-state index is 3.88. The Labute approximate surface area is 129 Å². The smallest absolute Gasteiger partial charge is 0.0388 e. The molecule has 1 N–H and O–H groups in total. The SMILES string of the molecule is CCN(CC)Cc1ccccc1NC1CCN2CCC1C2. The van der Waals surface area contributed by atoms with Crippen molar-refractivity contribution in [2.75, 3.05) is 38.0 Å². The molecule has 2 aliphatic heterocycles. The van der Waals surface area contributed by atoms with Crippen LogP contribution in [0.3, 0.4) is 0 Å². The zero-order valence-corrected chi connectivity index (χ0v) is 13.5. The van der Waals surface area contributed by atoms with Gasteiger partial charge in [0.1, 0.15) is 0 Å². The molecule has 3 unspecified atom stereocenters. The normalized spacial score (nSPS) is 28.0. The van der Waals surface area contributed by atoms with E-state index in [1.807, 2.05) is 0 Å². The molecular formula is C18H29N3. The number of rotatable bonds is 6. The molecule has 0 spiro atoms. The van der Waals surface area contributed by atoms with Crippen LogP contribution in [0.1, 0.15) is 32.3 Å². The van der Waals surface area contributed by atoms with Crippen LogP contribution >= 0.6 is 0 Å². The summed E-state index contributed by atoms with van der Waals surface area (Å²) in [4.78, 5) is 5.10. The molecule has 3 atom stereocenters. The van der Waals surface area contributed by atoms with E-state index in [0.29, 0.717) is 6.04 Å². The zero-order valence-electron chi connectivity index (χ0n) is 13.5. The average Bonchev–Trinajstić information content (AvgIpc) is 2.91. The van der Waals surface area contributed by atoms with Crippen LogP contribution in [0.5, 0.6) is 0 Å². The van der Waals surface area contributed by atoms with Crippen molar-refractivity contribution in [1.29, 1.82) is 0 Å². The Kier molecular flexibility index (Phi) is 4.81. The maximum Gasteiger partial charge on any atom is 0.0388 e. The number of piperidine rings is 1. The molecule has 3 rings (SSSR count). The first-order valence-corrected chi connectivity index (χ1v) is 8.59. The summed E-state index contributed by atoms with van der Waals surface area (Å²) in [6.07, 6.45) is 2.67. The molecule has 2 aliphatic rings. The standard InChI is InChI=1S/C18H29N3/c1-3-20(4-2)13-15-7-5-6-8-17(15)19-18-10-12-21-11-9-16(18)14-21/h5-8,16,18-19H,3-4,9-14H2,1-2H3. The molecule has 3 nitrogen and oxygen atoms in total. The Morgan fingerprint density at radius 1 is 1.14 bits per heavy atom. The number of para-hydroxylation sites is 1. The van der Waals surface area contributed by atoms with Crippen molar-refractivity contribution in [2.24, 2.45) is 5.92 Å². The van der Waals surface area contributed by atoms with Gasteiger partial charge in [-0.2, -0.15) is 0 Å². The number of nitrogens with zero attached hydrogens (tertiary/aromatic N) is 2. The topological polar surface area (TPSA) is 18.5 Å². The highest BCUT2D eigenvalue weighted by Crippen LogP contribution is 2.30. The van der Waals surface area contributed by atoms with Crippen molar-refractivity contribution in [3.05, 3.63) is 29.8 Å².